The van der Waals surface area contributed by atoms with Crippen molar-refractivity contribution in [2.24, 2.45) is 5.92 Å². The van der Waals surface area contributed by atoms with Gasteiger partial charge in [-0.25, -0.2) is 12.7 Å². The van der Waals surface area contributed by atoms with Crippen molar-refractivity contribution >= 4 is 15.9 Å². The zero-order chi connectivity index (χ0) is 20.6. The molecule has 7 nitrogen and oxygen atoms in total. The molecule has 1 amide bonds. The van der Waals surface area contributed by atoms with Crippen LogP contribution in [0.4, 0.5) is 0 Å². The van der Waals surface area contributed by atoms with Crippen molar-refractivity contribution < 1.29 is 17.9 Å². The number of carbonyl (C=O) groups excluding carboxylic acids is 1. The standard InChI is InChI=1S/C21H31N3O4S/c1-16(19-4-3-17-7-14-28-20(17)15-19)22-10-12-23(13-11-22)21(25)18-5-8-24(9-6-18)29(2,26)27/h3-4,15-16,18H,5-14H2,1-2H3/t16-/m0/s1. The SMILES string of the molecule is C[C@@H](c1ccc2c(c1)OCC2)N1CCN(C(=O)C2CCN(S(C)(=O)=O)CC2)CC1. The second kappa shape index (κ2) is 8.24. The number of amides is 1. The number of sulfonamides is 1. The number of ether oxygens (including phenoxy) is 1. The Morgan fingerprint density at radius 1 is 1.10 bits per heavy atom. The van der Waals surface area contributed by atoms with Gasteiger partial charge in [0.1, 0.15) is 5.75 Å². The maximum absolute atomic E-state index is 12.9. The molecule has 3 heterocycles. The highest BCUT2D eigenvalue weighted by molar-refractivity contribution is 7.88. The zero-order valence-electron chi connectivity index (χ0n) is 17.3. The molecule has 0 radical (unpaired) electrons. The van der Waals surface area contributed by atoms with Gasteiger partial charge in [-0.1, -0.05) is 12.1 Å². The van der Waals surface area contributed by atoms with Gasteiger partial charge in [0.05, 0.1) is 12.9 Å². The molecule has 0 spiro atoms. The fourth-order valence-electron chi connectivity index (χ4n) is 4.68. The van der Waals surface area contributed by atoms with Crippen LogP contribution in [0.2, 0.25) is 0 Å². The van der Waals surface area contributed by atoms with E-state index in [1.165, 1.54) is 21.7 Å². The van der Waals surface area contributed by atoms with Gasteiger partial charge < -0.3 is 9.64 Å². The molecule has 0 N–H and O–H groups in total. The van der Waals surface area contributed by atoms with Crippen molar-refractivity contribution in [3.05, 3.63) is 29.3 Å². The molecule has 0 saturated carbocycles. The Morgan fingerprint density at radius 2 is 1.79 bits per heavy atom. The van der Waals surface area contributed by atoms with E-state index in [1.807, 2.05) is 4.90 Å². The van der Waals surface area contributed by atoms with Crippen LogP contribution in [-0.4, -0.2) is 80.6 Å². The summed E-state index contributed by atoms with van der Waals surface area (Å²) in [5.41, 5.74) is 2.55. The average Bonchev–Trinajstić information content (AvgIpc) is 3.20. The third-order valence-electron chi connectivity index (χ3n) is 6.65. The molecule has 29 heavy (non-hydrogen) atoms. The highest BCUT2D eigenvalue weighted by Gasteiger charge is 2.33. The monoisotopic (exact) mass is 421 g/mol. The number of piperazine rings is 1. The van der Waals surface area contributed by atoms with Gasteiger partial charge in [0, 0.05) is 57.6 Å². The van der Waals surface area contributed by atoms with Crippen LogP contribution >= 0.6 is 0 Å². The van der Waals surface area contributed by atoms with E-state index < -0.39 is 10.0 Å². The summed E-state index contributed by atoms with van der Waals surface area (Å²) in [6.45, 7) is 7.07. The normalized spacial score (nSPS) is 22.9. The summed E-state index contributed by atoms with van der Waals surface area (Å²) in [4.78, 5) is 17.3. The van der Waals surface area contributed by atoms with Crippen molar-refractivity contribution in [1.29, 1.82) is 0 Å². The molecule has 8 heteroatoms. The molecule has 1 atom stereocenters. The number of carbonyl (C=O) groups is 1. The van der Waals surface area contributed by atoms with Crippen LogP contribution in [0.1, 0.15) is 36.9 Å². The third-order valence-corrected chi connectivity index (χ3v) is 7.95. The molecule has 3 aliphatic heterocycles. The Balaban J connectivity index is 1.29. The first kappa shape index (κ1) is 20.6. The Labute approximate surface area is 173 Å². The van der Waals surface area contributed by atoms with Crippen LogP contribution in [0.25, 0.3) is 0 Å². The first-order valence-electron chi connectivity index (χ1n) is 10.6. The summed E-state index contributed by atoms with van der Waals surface area (Å²) in [6.07, 6.45) is 3.48. The van der Waals surface area contributed by atoms with Gasteiger partial charge in [0.2, 0.25) is 15.9 Å². The molecule has 160 valence electrons. The number of rotatable bonds is 4. The Hall–Kier alpha value is -1.64. The van der Waals surface area contributed by atoms with Crippen molar-refractivity contribution in [1.82, 2.24) is 14.1 Å². The van der Waals surface area contributed by atoms with Crippen molar-refractivity contribution in [2.45, 2.75) is 32.2 Å². The summed E-state index contributed by atoms with van der Waals surface area (Å²) in [5.74, 6) is 1.16. The van der Waals surface area contributed by atoms with Crippen LogP contribution < -0.4 is 4.74 Å². The number of fused-ring (bicyclic) bond motifs is 1. The van der Waals surface area contributed by atoms with Crippen LogP contribution in [0, 0.1) is 5.92 Å². The maximum Gasteiger partial charge on any atom is 0.225 e. The molecule has 0 aromatic heterocycles. The van der Waals surface area contributed by atoms with Crippen LogP contribution in [0.3, 0.4) is 0 Å². The number of hydrogen-bond donors (Lipinski definition) is 0. The third kappa shape index (κ3) is 4.44. The summed E-state index contributed by atoms with van der Waals surface area (Å²) < 4.78 is 30.5. The largest absolute Gasteiger partial charge is 0.493 e. The van der Waals surface area contributed by atoms with Crippen molar-refractivity contribution in [2.75, 3.05) is 52.1 Å². The minimum absolute atomic E-state index is 0.0502. The Morgan fingerprint density at radius 3 is 2.45 bits per heavy atom. The molecule has 0 bridgehead atoms. The number of piperidine rings is 1. The lowest BCUT2D eigenvalue weighted by Crippen LogP contribution is -2.52. The molecule has 0 unspecified atom stereocenters. The number of benzene rings is 1. The predicted molar refractivity (Wildman–Crippen MR) is 111 cm³/mol. The Kier molecular flexibility index (Phi) is 5.86. The van der Waals surface area contributed by atoms with E-state index in [4.69, 9.17) is 4.74 Å². The van der Waals surface area contributed by atoms with Crippen molar-refractivity contribution in [3.63, 3.8) is 0 Å². The van der Waals surface area contributed by atoms with Crippen molar-refractivity contribution in [3.8, 4) is 5.75 Å². The van der Waals surface area contributed by atoms with Crippen LogP contribution in [0.5, 0.6) is 5.75 Å². The van der Waals surface area contributed by atoms with Gasteiger partial charge in [-0.05, 0) is 37.0 Å². The van der Waals surface area contributed by atoms with E-state index in [-0.39, 0.29) is 11.8 Å². The second-order valence-corrected chi connectivity index (χ2v) is 10.4. The molecule has 1 aromatic rings. The first-order chi connectivity index (χ1) is 13.8. The predicted octanol–water partition coefficient (Wildman–Crippen LogP) is 1.50. The van der Waals surface area contributed by atoms with Gasteiger partial charge >= 0.3 is 0 Å². The van der Waals surface area contributed by atoms with Gasteiger partial charge in [-0.3, -0.25) is 9.69 Å². The minimum atomic E-state index is -3.15. The van der Waals surface area contributed by atoms with E-state index in [1.54, 1.807) is 0 Å². The van der Waals surface area contributed by atoms with Gasteiger partial charge in [-0.15, -0.1) is 0 Å². The lowest BCUT2D eigenvalue weighted by atomic mass is 9.96. The van der Waals surface area contributed by atoms with E-state index in [0.717, 1.165) is 45.0 Å². The van der Waals surface area contributed by atoms with Gasteiger partial charge in [0.25, 0.3) is 0 Å². The highest BCUT2D eigenvalue weighted by Crippen LogP contribution is 2.31. The molecule has 3 aliphatic rings. The zero-order valence-corrected chi connectivity index (χ0v) is 18.2. The summed E-state index contributed by atoms with van der Waals surface area (Å²) in [6, 6.07) is 6.84. The Bertz CT molecular complexity index is 857. The molecule has 2 saturated heterocycles. The van der Waals surface area contributed by atoms with Gasteiger partial charge in [0.15, 0.2) is 0 Å². The molecule has 1 aromatic carbocycles. The molecular weight excluding hydrogens is 390 g/mol. The number of hydrogen-bond acceptors (Lipinski definition) is 5. The molecular formula is C21H31N3O4S. The second-order valence-electron chi connectivity index (χ2n) is 8.44. The van der Waals surface area contributed by atoms with E-state index in [2.05, 4.69) is 30.0 Å². The lowest BCUT2D eigenvalue weighted by Gasteiger charge is -2.40. The average molecular weight is 422 g/mol. The molecule has 4 rings (SSSR count). The van der Waals surface area contributed by atoms with Crippen LogP contribution in [-0.2, 0) is 21.2 Å². The fraction of sp³-hybridized carbons (Fsp3) is 0.667. The fourth-order valence-corrected chi connectivity index (χ4v) is 5.55. The smallest absolute Gasteiger partial charge is 0.225 e. The summed E-state index contributed by atoms with van der Waals surface area (Å²) in [7, 11) is -3.15. The minimum Gasteiger partial charge on any atom is -0.493 e. The van der Waals surface area contributed by atoms with E-state index >= 15 is 0 Å². The lowest BCUT2D eigenvalue weighted by molar-refractivity contribution is -0.138. The van der Waals surface area contributed by atoms with Gasteiger partial charge in [-0.2, -0.15) is 0 Å². The molecule has 0 aliphatic carbocycles. The van der Waals surface area contributed by atoms with Crippen LogP contribution in [0.15, 0.2) is 18.2 Å². The maximum atomic E-state index is 12.9. The van der Waals surface area contributed by atoms with E-state index in [9.17, 15) is 13.2 Å². The summed E-state index contributed by atoms with van der Waals surface area (Å²) in [5, 5.41) is 0. The quantitative estimate of drug-likeness (QED) is 0.737. The highest BCUT2D eigenvalue weighted by atomic mass is 32.2. The first-order valence-corrected chi connectivity index (χ1v) is 12.4. The summed E-state index contributed by atoms with van der Waals surface area (Å²) >= 11 is 0. The molecule has 2 fully saturated rings. The topological polar surface area (TPSA) is 70.2 Å². The van der Waals surface area contributed by atoms with E-state index in [0.29, 0.717) is 32.0 Å². The number of nitrogens with zero attached hydrogens (tertiary/aromatic N) is 3.